The SMILES string of the molecule is [B]#[Ti]#[B].[O]=[Zr]=[O]. The van der Waals surface area contributed by atoms with Crippen LogP contribution in [-0.4, -0.2) is 10.8 Å². The molecular formula is B2O2TiZr. The summed E-state index contributed by atoms with van der Waals surface area (Å²) >= 11 is -2.77. The molecule has 26 valence electrons. The first-order valence-corrected chi connectivity index (χ1v) is 4.80. The van der Waals surface area contributed by atoms with Crippen LogP contribution in [0.1, 0.15) is 0 Å². The molecule has 0 aliphatic heterocycles. The van der Waals surface area contributed by atoms with Crippen LogP contribution in [0.3, 0.4) is 0 Å². The van der Waals surface area contributed by atoms with E-state index >= 15 is 0 Å². The minimum absolute atomic E-state index is 0.500. The van der Waals surface area contributed by atoms with Crippen LogP contribution in [0.5, 0.6) is 0 Å². The summed E-state index contributed by atoms with van der Waals surface area (Å²) in [4.78, 5) is 0. The Morgan fingerprint density at radius 2 is 1.33 bits per heavy atom. The summed E-state index contributed by atoms with van der Waals surface area (Å²) in [6, 6.07) is 0. The van der Waals surface area contributed by atoms with Crippen LogP contribution >= 0.6 is 0 Å². The molecule has 0 amide bonds. The maximum atomic E-state index is 8.54. The average molecular weight is 193 g/mol. The molecule has 6 heavy (non-hydrogen) atoms. The van der Waals surface area contributed by atoms with E-state index in [1.165, 1.54) is 0 Å². The topological polar surface area (TPSA) is 34.1 Å². The predicted molar refractivity (Wildman–Crippen MR) is 12.9 cm³/mol. The Morgan fingerprint density at radius 1 is 1.33 bits per heavy atom. The van der Waals surface area contributed by atoms with Gasteiger partial charge in [-0.15, -0.1) is 0 Å². The van der Waals surface area contributed by atoms with Gasteiger partial charge in [0.25, 0.3) is 0 Å². The number of hydrogen-bond acceptors (Lipinski definition) is 2. The van der Waals surface area contributed by atoms with Gasteiger partial charge in [0.15, 0.2) is 0 Å². The van der Waals surface area contributed by atoms with Crippen LogP contribution in [0.15, 0.2) is 0 Å². The van der Waals surface area contributed by atoms with E-state index in [1.54, 1.807) is 0 Å². The molecule has 0 saturated carbocycles. The summed E-state index contributed by atoms with van der Waals surface area (Å²) in [5.74, 6) is 0. The van der Waals surface area contributed by atoms with Crippen molar-refractivity contribution >= 4 is 10.8 Å². The molecule has 0 aliphatic carbocycles. The van der Waals surface area contributed by atoms with Crippen LogP contribution in [0.4, 0.5) is 0 Å². The second-order valence-corrected chi connectivity index (χ2v) is 1.18. The fourth-order valence-electron chi connectivity index (χ4n) is 0. The van der Waals surface area contributed by atoms with Gasteiger partial charge in [0, 0.05) is 0 Å². The molecule has 0 spiro atoms. The van der Waals surface area contributed by atoms with Crippen molar-refractivity contribution in [1.29, 1.82) is 0 Å². The van der Waals surface area contributed by atoms with Gasteiger partial charge in [0.05, 0.1) is 0 Å². The van der Waals surface area contributed by atoms with E-state index < -0.39 is 40.6 Å². The van der Waals surface area contributed by atoms with Gasteiger partial charge in [-0.05, 0) is 0 Å². The minimum atomic E-state index is -2.27. The molecule has 0 radical (unpaired) electrons. The van der Waals surface area contributed by atoms with Crippen LogP contribution in [0.25, 0.3) is 0 Å². The summed E-state index contributed by atoms with van der Waals surface area (Å²) in [5.41, 5.74) is 0. The molecule has 0 aliphatic rings. The van der Waals surface area contributed by atoms with Crippen molar-refractivity contribution < 1.29 is 46.2 Å². The Kier molecular flexibility index (Phi) is 27.9. The van der Waals surface area contributed by atoms with Crippen LogP contribution in [0, 0.1) is 0 Å². The Morgan fingerprint density at radius 3 is 1.33 bits per heavy atom. The van der Waals surface area contributed by atoms with Crippen molar-refractivity contribution in [3.05, 3.63) is 0 Å². The van der Waals surface area contributed by atoms with Gasteiger partial charge in [-0.1, -0.05) is 0 Å². The zero-order chi connectivity index (χ0) is 5.41. The monoisotopic (exact) mass is 192 g/mol. The van der Waals surface area contributed by atoms with Crippen molar-refractivity contribution in [3.63, 3.8) is 0 Å². The summed E-state index contributed by atoms with van der Waals surface area (Å²) in [7, 11) is 0. The summed E-state index contributed by atoms with van der Waals surface area (Å²) in [5, 5.41) is 9.50. The molecule has 0 aromatic carbocycles. The Hall–Kier alpha value is 1.33. The normalized spacial score (nSPS) is 5.33. The van der Waals surface area contributed by atoms with Gasteiger partial charge in [-0.2, -0.15) is 0 Å². The third-order valence-electron chi connectivity index (χ3n) is 0. The zero-order valence-corrected chi connectivity index (χ0v) is 6.99. The first-order valence-electron chi connectivity index (χ1n) is 0.986. The van der Waals surface area contributed by atoms with E-state index in [4.69, 9.17) is 16.4 Å². The zero-order valence-electron chi connectivity index (χ0n) is 2.97. The molecular weight excluding hydrogens is 193 g/mol. The van der Waals surface area contributed by atoms with Crippen LogP contribution in [0.2, 0.25) is 0 Å². The molecule has 0 unspecified atom stereocenters. The third-order valence-corrected chi connectivity index (χ3v) is 0. The molecule has 0 fully saturated rings. The Balaban J connectivity index is 0. The van der Waals surface area contributed by atoms with Crippen molar-refractivity contribution in [1.82, 2.24) is 0 Å². The molecule has 0 N–H and O–H groups in total. The Labute approximate surface area is 56.5 Å². The third kappa shape index (κ3) is 56.6. The van der Waals surface area contributed by atoms with E-state index in [1.807, 2.05) is 0 Å². The van der Waals surface area contributed by atoms with Crippen LogP contribution in [-0.2, 0) is 46.2 Å². The van der Waals surface area contributed by atoms with E-state index in [2.05, 4.69) is 0 Å². The predicted octanol–water partition coefficient (Wildman–Crippen LogP) is -1.00. The molecule has 2 nitrogen and oxygen atoms in total. The summed E-state index contributed by atoms with van der Waals surface area (Å²) in [6.07, 6.45) is 0. The Bertz CT molecular complexity index is 142. The molecule has 0 aromatic heterocycles. The van der Waals surface area contributed by atoms with Gasteiger partial charge in [0.1, 0.15) is 0 Å². The molecule has 6 heteroatoms. The molecule has 0 atom stereocenters. The van der Waals surface area contributed by atoms with Crippen molar-refractivity contribution in [2.45, 2.75) is 0 Å². The summed E-state index contributed by atoms with van der Waals surface area (Å²) < 4.78 is 17.1. The quantitative estimate of drug-likeness (QED) is 0.462. The first-order chi connectivity index (χ1) is 2.83. The maximum absolute atomic E-state index is 8.54. The van der Waals surface area contributed by atoms with E-state index in [0.29, 0.717) is 0 Å². The van der Waals surface area contributed by atoms with Crippen LogP contribution < -0.4 is 0 Å². The van der Waals surface area contributed by atoms with Gasteiger partial charge in [-0.3, -0.25) is 0 Å². The molecule has 0 rings (SSSR count). The van der Waals surface area contributed by atoms with Gasteiger partial charge >= 0.3 is 57.0 Å². The fourth-order valence-corrected chi connectivity index (χ4v) is 0. The molecule has 0 saturated heterocycles. The standard InChI is InChI=1S/2B.2O.Ti.Zr. The van der Waals surface area contributed by atoms with Crippen molar-refractivity contribution in [3.8, 4) is 0 Å². The van der Waals surface area contributed by atoms with Crippen molar-refractivity contribution in [2.75, 3.05) is 0 Å². The van der Waals surface area contributed by atoms with E-state index in [-0.39, 0.29) is 0 Å². The first kappa shape index (κ1) is 10.3. The summed E-state index contributed by atoms with van der Waals surface area (Å²) in [6.45, 7) is 0. The number of rotatable bonds is 0. The molecule has 0 aromatic rings. The second-order valence-electron chi connectivity index (χ2n) is 0.250. The second kappa shape index (κ2) is 16.2. The van der Waals surface area contributed by atoms with Gasteiger partial charge in [0.2, 0.25) is 0 Å². The van der Waals surface area contributed by atoms with Gasteiger partial charge in [-0.25, -0.2) is 0 Å². The fraction of sp³-hybridized carbons (Fsp3) is 0. The average Bonchev–Trinajstić information content (AvgIpc) is 1.39. The number of hydrogen-bond donors (Lipinski definition) is 0. The van der Waals surface area contributed by atoms with Gasteiger partial charge < -0.3 is 0 Å². The van der Waals surface area contributed by atoms with E-state index in [0.717, 1.165) is 0 Å². The van der Waals surface area contributed by atoms with E-state index in [9.17, 15) is 0 Å². The van der Waals surface area contributed by atoms with Crippen molar-refractivity contribution in [2.24, 2.45) is 0 Å². The molecule has 0 heterocycles. The molecule has 0 bridgehead atoms.